The van der Waals surface area contributed by atoms with Gasteiger partial charge in [0.05, 0.1) is 13.0 Å². The molecular formula is C33H39N3O8. The van der Waals surface area contributed by atoms with E-state index >= 15 is 0 Å². The number of rotatable bonds is 9. The molecule has 0 saturated carbocycles. The lowest BCUT2D eigenvalue weighted by Gasteiger charge is -2.44. The first-order chi connectivity index (χ1) is 21.0. The summed E-state index contributed by atoms with van der Waals surface area (Å²) in [6.07, 6.45) is 1.29. The zero-order valence-electron chi connectivity index (χ0n) is 25.4. The van der Waals surface area contributed by atoms with Crippen molar-refractivity contribution in [3.05, 3.63) is 85.8 Å². The minimum atomic E-state index is -0.922. The SMILES string of the molecule is CC[C@@H](C)[C@H](NC(=O)C[C@@H](c1ccc(O)c(OC)c1)c1oc(C)cc(=O)c1O)C(=O)N1C[C@H]2C[C@@H](C1)c1cccc(=O)n1C2. The van der Waals surface area contributed by atoms with E-state index in [0.717, 1.165) is 18.2 Å². The zero-order chi connectivity index (χ0) is 31.7. The molecule has 0 spiro atoms. The maximum Gasteiger partial charge on any atom is 0.250 e. The van der Waals surface area contributed by atoms with Crippen LogP contribution < -0.4 is 21.0 Å². The molecule has 2 aliphatic rings. The van der Waals surface area contributed by atoms with Crippen molar-refractivity contribution >= 4 is 11.8 Å². The zero-order valence-corrected chi connectivity index (χ0v) is 25.4. The second-order valence-corrected chi connectivity index (χ2v) is 12.0. The Hall–Kier alpha value is -4.54. The molecule has 5 rings (SSSR count). The highest BCUT2D eigenvalue weighted by molar-refractivity contribution is 5.88. The second kappa shape index (κ2) is 12.6. The molecule has 2 aromatic heterocycles. The van der Waals surface area contributed by atoms with Crippen molar-refractivity contribution in [2.24, 2.45) is 11.8 Å². The monoisotopic (exact) mass is 605 g/mol. The number of carbonyl (C=O) groups is 2. The van der Waals surface area contributed by atoms with E-state index < -0.39 is 29.0 Å². The number of hydrogen-bond donors (Lipinski definition) is 3. The first kappa shape index (κ1) is 30.9. The summed E-state index contributed by atoms with van der Waals surface area (Å²) < 4.78 is 12.8. The smallest absolute Gasteiger partial charge is 0.250 e. The van der Waals surface area contributed by atoms with Gasteiger partial charge in [0.1, 0.15) is 11.8 Å². The normalized spacial score (nSPS) is 19.4. The number of aromatic hydroxyl groups is 2. The third kappa shape index (κ3) is 6.09. The Morgan fingerprint density at radius 2 is 1.89 bits per heavy atom. The van der Waals surface area contributed by atoms with Crippen LogP contribution >= 0.6 is 0 Å². The van der Waals surface area contributed by atoms with E-state index in [0.29, 0.717) is 31.6 Å². The Balaban J connectivity index is 1.41. The van der Waals surface area contributed by atoms with Gasteiger partial charge in [0.15, 0.2) is 17.3 Å². The highest BCUT2D eigenvalue weighted by Crippen LogP contribution is 2.38. The summed E-state index contributed by atoms with van der Waals surface area (Å²) in [5.41, 5.74) is 0.718. The number of ether oxygens (including phenoxy) is 1. The highest BCUT2D eigenvalue weighted by atomic mass is 16.5. The van der Waals surface area contributed by atoms with Crippen molar-refractivity contribution in [2.75, 3.05) is 20.2 Å². The molecule has 2 amide bonds. The van der Waals surface area contributed by atoms with Crippen LogP contribution in [0.2, 0.25) is 0 Å². The number of phenols is 1. The molecule has 4 heterocycles. The highest BCUT2D eigenvalue weighted by Gasteiger charge is 2.39. The Labute approximate surface area is 255 Å². The van der Waals surface area contributed by atoms with Crippen LogP contribution in [0.25, 0.3) is 0 Å². The van der Waals surface area contributed by atoms with Crippen LogP contribution in [0.4, 0.5) is 0 Å². The lowest BCUT2D eigenvalue weighted by atomic mass is 9.82. The molecule has 11 nitrogen and oxygen atoms in total. The van der Waals surface area contributed by atoms with Crippen molar-refractivity contribution in [3.63, 3.8) is 0 Å². The third-order valence-corrected chi connectivity index (χ3v) is 8.97. The number of pyridine rings is 1. The van der Waals surface area contributed by atoms with Gasteiger partial charge in [0, 0.05) is 49.8 Å². The minimum Gasteiger partial charge on any atom is -0.504 e. The van der Waals surface area contributed by atoms with E-state index in [4.69, 9.17) is 9.15 Å². The average Bonchev–Trinajstić information content (AvgIpc) is 3.00. The van der Waals surface area contributed by atoms with Gasteiger partial charge >= 0.3 is 0 Å². The fourth-order valence-corrected chi connectivity index (χ4v) is 6.51. The lowest BCUT2D eigenvalue weighted by molar-refractivity contribution is -0.140. The number of likely N-dealkylation sites (tertiary alicyclic amines) is 1. The Bertz CT molecular complexity index is 1680. The molecule has 2 bridgehead atoms. The molecule has 44 heavy (non-hydrogen) atoms. The van der Waals surface area contributed by atoms with Crippen LogP contribution in [0.15, 0.2) is 56.5 Å². The number of aromatic nitrogens is 1. The largest absolute Gasteiger partial charge is 0.504 e. The van der Waals surface area contributed by atoms with E-state index in [1.807, 2.05) is 29.4 Å². The van der Waals surface area contributed by atoms with E-state index in [2.05, 4.69) is 5.32 Å². The van der Waals surface area contributed by atoms with Gasteiger partial charge in [-0.1, -0.05) is 32.4 Å². The van der Waals surface area contributed by atoms with Gasteiger partial charge in [-0.2, -0.15) is 0 Å². The van der Waals surface area contributed by atoms with Gasteiger partial charge in [0.25, 0.3) is 5.56 Å². The van der Waals surface area contributed by atoms with Crippen LogP contribution in [0.3, 0.4) is 0 Å². The number of nitrogens with zero attached hydrogens (tertiary/aromatic N) is 2. The molecule has 1 saturated heterocycles. The summed E-state index contributed by atoms with van der Waals surface area (Å²) in [6.45, 7) is 6.95. The fraction of sp³-hybridized carbons (Fsp3) is 0.455. The summed E-state index contributed by atoms with van der Waals surface area (Å²) in [6, 6.07) is 10.1. The maximum atomic E-state index is 14.0. The van der Waals surface area contributed by atoms with Crippen LogP contribution in [0, 0.1) is 18.8 Å². The number of fused-ring (bicyclic) bond motifs is 4. The minimum absolute atomic E-state index is 0.0296. The molecule has 1 aromatic carbocycles. The van der Waals surface area contributed by atoms with Crippen molar-refractivity contribution < 1.29 is 29.0 Å². The molecule has 3 aromatic rings. The maximum absolute atomic E-state index is 14.0. The Kier molecular flexibility index (Phi) is 8.85. The van der Waals surface area contributed by atoms with Crippen LogP contribution in [0.5, 0.6) is 17.2 Å². The summed E-state index contributed by atoms with van der Waals surface area (Å²) in [7, 11) is 1.39. The van der Waals surface area contributed by atoms with Crippen LogP contribution in [-0.2, 0) is 16.1 Å². The second-order valence-electron chi connectivity index (χ2n) is 12.0. The van der Waals surface area contributed by atoms with Gasteiger partial charge in [-0.05, 0) is 48.9 Å². The van der Waals surface area contributed by atoms with Crippen LogP contribution in [-0.4, -0.2) is 57.7 Å². The average molecular weight is 606 g/mol. The number of amides is 2. The Morgan fingerprint density at radius 1 is 1.11 bits per heavy atom. The molecule has 0 unspecified atom stereocenters. The first-order valence-corrected chi connectivity index (χ1v) is 15.0. The summed E-state index contributed by atoms with van der Waals surface area (Å²) >= 11 is 0. The molecule has 5 atom stereocenters. The van der Waals surface area contributed by atoms with Gasteiger partial charge in [-0.15, -0.1) is 0 Å². The third-order valence-electron chi connectivity index (χ3n) is 8.97. The summed E-state index contributed by atoms with van der Waals surface area (Å²) in [5.74, 6) is -2.00. The fourth-order valence-electron chi connectivity index (χ4n) is 6.51. The topological polar surface area (TPSA) is 151 Å². The quantitative estimate of drug-likeness (QED) is 0.336. The molecule has 11 heteroatoms. The lowest BCUT2D eigenvalue weighted by Crippen LogP contribution is -2.56. The van der Waals surface area contributed by atoms with Crippen LogP contribution in [0.1, 0.15) is 67.7 Å². The van der Waals surface area contributed by atoms with Crippen molar-refractivity contribution in [2.45, 2.75) is 64.5 Å². The summed E-state index contributed by atoms with van der Waals surface area (Å²) in [5, 5.41) is 23.8. The molecule has 1 fully saturated rings. The predicted octanol–water partition coefficient (Wildman–Crippen LogP) is 3.23. The van der Waals surface area contributed by atoms with E-state index in [9.17, 15) is 29.4 Å². The van der Waals surface area contributed by atoms with Gasteiger partial charge in [0.2, 0.25) is 23.0 Å². The number of piperidine rings is 1. The number of hydrogen-bond acceptors (Lipinski definition) is 8. The van der Waals surface area contributed by atoms with Gasteiger partial charge in [-0.3, -0.25) is 19.2 Å². The molecular weight excluding hydrogens is 566 g/mol. The molecule has 0 radical (unpaired) electrons. The van der Waals surface area contributed by atoms with E-state index in [1.54, 1.807) is 25.1 Å². The molecule has 3 N–H and O–H groups in total. The standard InChI is InChI=1S/C33H39N3O8/c1-5-18(2)30(33(42)35-15-20-12-22(17-35)24-7-6-8-29(40)36(24)16-20)34-28(39)14-23(21-9-10-25(37)27(13-21)43-4)32-31(41)26(38)11-19(3)44-32/h6-11,13,18,20,22-23,30,37,41H,5,12,14-17H2,1-4H3,(H,34,39)/t18-,20-,22+,23+,30+/m1/s1. The van der Waals surface area contributed by atoms with Gasteiger partial charge in [-0.25, -0.2) is 0 Å². The number of benzene rings is 1. The number of aryl methyl sites for hydroxylation is 1. The van der Waals surface area contributed by atoms with E-state index in [-0.39, 0.29) is 58.7 Å². The predicted molar refractivity (Wildman–Crippen MR) is 162 cm³/mol. The van der Waals surface area contributed by atoms with Crippen molar-refractivity contribution in [3.8, 4) is 17.2 Å². The Morgan fingerprint density at radius 3 is 2.61 bits per heavy atom. The number of phenolic OH excluding ortho intramolecular Hbond substituents is 1. The number of carbonyl (C=O) groups excluding carboxylic acids is 2. The summed E-state index contributed by atoms with van der Waals surface area (Å²) in [4.78, 5) is 54.5. The molecule has 2 aliphatic heterocycles. The first-order valence-electron chi connectivity index (χ1n) is 15.0. The van der Waals surface area contributed by atoms with E-state index in [1.165, 1.54) is 19.2 Å². The van der Waals surface area contributed by atoms with Gasteiger partial charge < -0.3 is 34.2 Å². The number of methoxy groups -OCH3 is 1. The van der Waals surface area contributed by atoms with Crippen molar-refractivity contribution in [1.29, 1.82) is 0 Å². The molecule has 0 aliphatic carbocycles. The van der Waals surface area contributed by atoms with Crippen molar-refractivity contribution in [1.82, 2.24) is 14.8 Å². The molecule has 234 valence electrons. The number of nitrogens with one attached hydrogen (secondary N) is 1.